The van der Waals surface area contributed by atoms with Crippen LogP contribution in [0.2, 0.25) is 0 Å². The van der Waals surface area contributed by atoms with Gasteiger partial charge in [-0.25, -0.2) is 0 Å². The third-order valence-corrected chi connectivity index (χ3v) is 6.16. The molecule has 2 heterocycles. The van der Waals surface area contributed by atoms with Crippen LogP contribution in [0.25, 0.3) is 0 Å². The summed E-state index contributed by atoms with van der Waals surface area (Å²) in [5.74, 6) is 0.167. The quantitative estimate of drug-likeness (QED) is 0.307. The van der Waals surface area contributed by atoms with Crippen molar-refractivity contribution in [3.05, 3.63) is 53.5 Å². The second kappa shape index (κ2) is 13.5. The van der Waals surface area contributed by atoms with E-state index in [2.05, 4.69) is 6.92 Å². The Bertz CT molecular complexity index is 966. The normalized spacial score (nSPS) is 16.7. The van der Waals surface area contributed by atoms with Gasteiger partial charge in [0.25, 0.3) is 5.91 Å². The average Bonchev–Trinajstić information content (AvgIpc) is 3.47. The van der Waals surface area contributed by atoms with E-state index in [1.54, 1.807) is 31.1 Å². The maximum Gasteiger partial charge on any atom is 0.258 e. The molecule has 2 aromatic rings. The molecule has 1 atom stereocenters. The van der Waals surface area contributed by atoms with Crippen molar-refractivity contribution in [3.63, 3.8) is 0 Å². The van der Waals surface area contributed by atoms with Gasteiger partial charge < -0.3 is 18.8 Å². The fraction of sp³-hybridized carbons (Fsp3) is 0.520. The monoisotopic (exact) mass is 546 g/mol. The van der Waals surface area contributed by atoms with Gasteiger partial charge in [-0.15, -0.1) is 11.6 Å². The van der Waals surface area contributed by atoms with E-state index in [4.69, 9.17) is 48.7 Å². The molecule has 1 aromatic heterocycles. The SMILES string of the molecule is CC1(C)OC(c2ccco2)CN1C(=O)C(Cl)Cl.CCOCN(C(=O)CCl)c1c(C)cccc1CC. The van der Waals surface area contributed by atoms with E-state index in [1.165, 1.54) is 4.90 Å². The van der Waals surface area contributed by atoms with E-state index in [0.29, 0.717) is 18.9 Å². The van der Waals surface area contributed by atoms with Gasteiger partial charge in [-0.2, -0.15) is 0 Å². The number of amides is 2. The van der Waals surface area contributed by atoms with Crippen LogP contribution in [0.3, 0.4) is 0 Å². The fourth-order valence-corrected chi connectivity index (χ4v) is 4.22. The number of carbonyl (C=O) groups excluding carboxylic acids is 2. The maximum absolute atomic E-state index is 12.0. The Morgan fingerprint density at radius 3 is 2.49 bits per heavy atom. The fourth-order valence-electron chi connectivity index (χ4n) is 3.84. The first kappa shape index (κ1) is 29.5. The first-order chi connectivity index (χ1) is 16.6. The lowest BCUT2D eigenvalue weighted by Gasteiger charge is -2.29. The van der Waals surface area contributed by atoms with Gasteiger partial charge in [0.05, 0.1) is 18.5 Å². The number of ether oxygens (including phenoxy) is 2. The topological polar surface area (TPSA) is 72.2 Å². The Morgan fingerprint density at radius 2 is 1.94 bits per heavy atom. The van der Waals surface area contributed by atoms with Crippen molar-refractivity contribution in [1.29, 1.82) is 0 Å². The number of benzene rings is 1. The van der Waals surface area contributed by atoms with Gasteiger partial charge in [-0.05, 0) is 57.4 Å². The minimum atomic E-state index is -1.08. The molecule has 35 heavy (non-hydrogen) atoms. The minimum absolute atomic E-state index is 0.0371. The number of rotatable bonds is 8. The Kier molecular flexibility index (Phi) is 11.4. The first-order valence-electron chi connectivity index (χ1n) is 11.4. The summed E-state index contributed by atoms with van der Waals surface area (Å²) >= 11 is 16.9. The van der Waals surface area contributed by atoms with Crippen molar-refractivity contribution < 1.29 is 23.5 Å². The van der Waals surface area contributed by atoms with Crippen LogP contribution in [-0.2, 0) is 25.5 Å². The summed E-state index contributed by atoms with van der Waals surface area (Å²) in [5, 5.41) is 0. The number of aryl methyl sites for hydroxylation is 2. The van der Waals surface area contributed by atoms with E-state index >= 15 is 0 Å². The number of hydrogen-bond donors (Lipinski definition) is 0. The zero-order chi connectivity index (χ0) is 26.2. The molecule has 0 N–H and O–H groups in total. The van der Waals surface area contributed by atoms with Crippen molar-refractivity contribution in [2.24, 2.45) is 0 Å². The van der Waals surface area contributed by atoms with Crippen LogP contribution in [0.5, 0.6) is 0 Å². The molecular formula is C25H33Cl3N2O5. The summed E-state index contributed by atoms with van der Waals surface area (Å²) < 4.78 is 16.4. The number of nitrogens with zero attached hydrogens (tertiary/aromatic N) is 2. The number of hydrogen-bond acceptors (Lipinski definition) is 5. The first-order valence-corrected chi connectivity index (χ1v) is 12.8. The lowest BCUT2D eigenvalue weighted by Crippen LogP contribution is -2.45. The van der Waals surface area contributed by atoms with Gasteiger partial charge in [0.1, 0.15) is 30.2 Å². The van der Waals surface area contributed by atoms with Crippen LogP contribution >= 0.6 is 34.8 Å². The van der Waals surface area contributed by atoms with E-state index in [0.717, 1.165) is 23.2 Å². The zero-order valence-electron chi connectivity index (χ0n) is 20.7. The molecule has 1 fully saturated rings. The van der Waals surface area contributed by atoms with Gasteiger partial charge in [0.15, 0.2) is 4.84 Å². The standard InChI is InChI=1S/C14H20ClNO2.C11H13Cl2NO3/c1-4-12-8-6-7-11(3)14(12)16(10-18-5-2)13(17)9-15;1-11(2)14(10(15)9(12)13)6-8(17-11)7-4-3-5-16-7/h6-8H,4-5,9-10H2,1-3H3;3-5,8-9H,6H2,1-2H3. The molecule has 194 valence electrons. The predicted octanol–water partition coefficient (Wildman–Crippen LogP) is 5.84. The Hall–Kier alpha value is -1.77. The molecule has 0 spiro atoms. The molecule has 2 amide bonds. The summed E-state index contributed by atoms with van der Waals surface area (Å²) in [6.07, 6.45) is 2.16. The lowest BCUT2D eigenvalue weighted by molar-refractivity contribution is -0.144. The molecule has 1 saturated heterocycles. The minimum Gasteiger partial charge on any atom is -0.467 e. The Morgan fingerprint density at radius 1 is 1.23 bits per heavy atom. The average molecular weight is 548 g/mol. The number of carbonyl (C=O) groups is 2. The highest BCUT2D eigenvalue weighted by molar-refractivity contribution is 6.53. The van der Waals surface area contributed by atoms with Crippen LogP contribution in [0, 0.1) is 6.92 Å². The predicted molar refractivity (Wildman–Crippen MR) is 139 cm³/mol. The van der Waals surface area contributed by atoms with Crippen LogP contribution in [0.15, 0.2) is 41.0 Å². The van der Waals surface area contributed by atoms with Crippen molar-refractivity contribution in [3.8, 4) is 0 Å². The summed E-state index contributed by atoms with van der Waals surface area (Å²) in [4.78, 5) is 25.9. The molecule has 7 nitrogen and oxygen atoms in total. The summed E-state index contributed by atoms with van der Waals surface area (Å²) in [7, 11) is 0. The molecule has 0 saturated carbocycles. The molecule has 3 rings (SSSR count). The molecule has 0 radical (unpaired) electrons. The Balaban J connectivity index is 0.000000247. The van der Waals surface area contributed by atoms with Gasteiger partial charge in [-0.1, -0.05) is 48.3 Å². The summed E-state index contributed by atoms with van der Waals surface area (Å²) in [6, 6.07) is 9.62. The highest BCUT2D eigenvalue weighted by Crippen LogP contribution is 2.36. The van der Waals surface area contributed by atoms with Crippen LogP contribution in [0.4, 0.5) is 5.69 Å². The maximum atomic E-state index is 12.0. The molecule has 1 aliphatic rings. The molecule has 1 aromatic carbocycles. The van der Waals surface area contributed by atoms with Gasteiger partial charge in [0, 0.05) is 6.61 Å². The van der Waals surface area contributed by atoms with Gasteiger partial charge in [0.2, 0.25) is 5.91 Å². The third-order valence-electron chi connectivity index (χ3n) is 5.55. The Labute approximate surface area is 222 Å². The number of furan rings is 1. The number of anilines is 1. The molecular weight excluding hydrogens is 515 g/mol. The van der Waals surface area contributed by atoms with E-state index < -0.39 is 10.6 Å². The number of halogens is 3. The summed E-state index contributed by atoms with van der Waals surface area (Å²) in [6.45, 7) is 10.8. The van der Waals surface area contributed by atoms with Crippen LogP contribution in [-0.4, -0.2) is 53.0 Å². The number of para-hydroxylation sites is 1. The highest BCUT2D eigenvalue weighted by atomic mass is 35.5. The second-order valence-corrected chi connectivity index (χ2v) is 9.70. The molecule has 0 bridgehead atoms. The van der Waals surface area contributed by atoms with E-state index in [1.807, 2.05) is 38.1 Å². The number of alkyl halides is 3. The van der Waals surface area contributed by atoms with Crippen molar-refractivity contribution in [2.75, 3.05) is 30.7 Å². The molecule has 1 unspecified atom stereocenters. The van der Waals surface area contributed by atoms with Gasteiger partial charge in [-0.3, -0.25) is 14.5 Å². The molecule has 0 aliphatic carbocycles. The molecule has 10 heteroatoms. The van der Waals surface area contributed by atoms with Crippen molar-refractivity contribution >= 4 is 52.3 Å². The third kappa shape index (κ3) is 7.61. The largest absolute Gasteiger partial charge is 0.467 e. The van der Waals surface area contributed by atoms with Gasteiger partial charge >= 0.3 is 0 Å². The van der Waals surface area contributed by atoms with Crippen LogP contribution < -0.4 is 4.90 Å². The smallest absolute Gasteiger partial charge is 0.258 e. The summed E-state index contributed by atoms with van der Waals surface area (Å²) in [5.41, 5.74) is 2.39. The van der Waals surface area contributed by atoms with E-state index in [-0.39, 0.29) is 30.5 Å². The second-order valence-electron chi connectivity index (χ2n) is 8.33. The molecule has 1 aliphatic heterocycles. The van der Waals surface area contributed by atoms with E-state index in [9.17, 15) is 9.59 Å². The highest BCUT2D eigenvalue weighted by Gasteiger charge is 2.45. The van der Waals surface area contributed by atoms with Crippen LogP contribution in [0.1, 0.15) is 50.7 Å². The van der Waals surface area contributed by atoms with Crippen molar-refractivity contribution in [2.45, 2.75) is 57.7 Å². The van der Waals surface area contributed by atoms with Crippen molar-refractivity contribution in [1.82, 2.24) is 4.90 Å². The lowest BCUT2D eigenvalue weighted by atomic mass is 10.0. The zero-order valence-corrected chi connectivity index (χ0v) is 23.0.